The molecule has 1 heterocycles. The first-order valence-electron chi connectivity index (χ1n) is 6.88. The standard InChI is InChI=1S/C16H15FN4O/c1-11(12-6-8-13(17)9-7-12)19-16(22)20-21-10-18-14-4-2-3-5-15(14)21/h2-11H,1H3,(H2,19,20,22). The van der Waals surface area contributed by atoms with E-state index in [-0.39, 0.29) is 17.9 Å². The molecule has 2 amide bonds. The zero-order valence-electron chi connectivity index (χ0n) is 12.0. The van der Waals surface area contributed by atoms with Gasteiger partial charge in [0.15, 0.2) is 0 Å². The Labute approximate surface area is 126 Å². The van der Waals surface area contributed by atoms with Crippen molar-refractivity contribution in [2.75, 3.05) is 5.43 Å². The van der Waals surface area contributed by atoms with Gasteiger partial charge in [-0.15, -0.1) is 0 Å². The number of carbonyl (C=O) groups is 1. The molecular formula is C16H15FN4O. The average molecular weight is 298 g/mol. The number of nitrogens with zero attached hydrogens (tertiary/aromatic N) is 2. The Bertz CT molecular complexity index is 797. The fourth-order valence-electron chi connectivity index (χ4n) is 2.22. The van der Waals surface area contributed by atoms with Crippen molar-refractivity contribution in [1.29, 1.82) is 0 Å². The molecule has 0 aliphatic rings. The SMILES string of the molecule is CC(NC(=O)Nn1cnc2ccccc21)c1ccc(F)cc1. The quantitative estimate of drug-likeness (QED) is 0.780. The van der Waals surface area contributed by atoms with Gasteiger partial charge in [-0.1, -0.05) is 24.3 Å². The van der Waals surface area contributed by atoms with Crippen molar-refractivity contribution in [2.24, 2.45) is 0 Å². The fourth-order valence-corrected chi connectivity index (χ4v) is 2.22. The summed E-state index contributed by atoms with van der Waals surface area (Å²) in [5.74, 6) is -0.301. The molecule has 0 spiro atoms. The monoisotopic (exact) mass is 298 g/mol. The van der Waals surface area contributed by atoms with Crippen LogP contribution in [0.3, 0.4) is 0 Å². The number of imidazole rings is 1. The van der Waals surface area contributed by atoms with E-state index in [9.17, 15) is 9.18 Å². The van der Waals surface area contributed by atoms with Gasteiger partial charge in [-0.3, -0.25) is 0 Å². The number of hydrogen-bond donors (Lipinski definition) is 2. The van der Waals surface area contributed by atoms with Crippen LogP contribution >= 0.6 is 0 Å². The van der Waals surface area contributed by atoms with Crippen molar-refractivity contribution in [1.82, 2.24) is 15.0 Å². The third-order valence-corrected chi connectivity index (χ3v) is 3.39. The number of carbonyl (C=O) groups excluding carboxylic acids is 1. The topological polar surface area (TPSA) is 59.0 Å². The molecule has 1 unspecified atom stereocenters. The van der Waals surface area contributed by atoms with E-state index >= 15 is 0 Å². The first-order chi connectivity index (χ1) is 10.6. The largest absolute Gasteiger partial charge is 0.334 e. The molecule has 0 bridgehead atoms. The van der Waals surface area contributed by atoms with E-state index in [1.165, 1.54) is 12.1 Å². The molecule has 22 heavy (non-hydrogen) atoms. The van der Waals surface area contributed by atoms with E-state index in [0.29, 0.717) is 0 Å². The third-order valence-electron chi connectivity index (χ3n) is 3.39. The number of para-hydroxylation sites is 2. The zero-order valence-corrected chi connectivity index (χ0v) is 12.0. The molecule has 5 nitrogen and oxygen atoms in total. The number of nitrogens with one attached hydrogen (secondary N) is 2. The summed E-state index contributed by atoms with van der Waals surface area (Å²) in [6.07, 6.45) is 1.55. The van der Waals surface area contributed by atoms with Crippen LogP contribution in [-0.2, 0) is 0 Å². The predicted molar refractivity (Wildman–Crippen MR) is 82.4 cm³/mol. The number of amides is 2. The number of aromatic nitrogens is 2. The highest BCUT2D eigenvalue weighted by atomic mass is 19.1. The maximum absolute atomic E-state index is 12.9. The maximum Gasteiger partial charge on any atom is 0.334 e. The lowest BCUT2D eigenvalue weighted by molar-refractivity contribution is 0.247. The molecule has 3 rings (SSSR count). The molecule has 6 heteroatoms. The molecule has 2 aromatic carbocycles. The van der Waals surface area contributed by atoms with Crippen LogP contribution in [0.15, 0.2) is 54.9 Å². The molecule has 112 valence electrons. The lowest BCUT2D eigenvalue weighted by Crippen LogP contribution is -2.35. The molecule has 1 atom stereocenters. The van der Waals surface area contributed by atoms with Crippen molar-refractivity contribution < 1.29 is 9.18 Å². The van der Waals surface area contributed by atoms with Crippen LogP contribution < -0.4 is 10.7 Å². The minimum absolute atomic E-state index is 0.240. The van der Waals surface area contributed by atoms with E-state index in [1.54, 1.807) is 23.1 Å². The lowest BCUT2D eigenvalue weighted by atomic mass is 10.1. The molecular weight excluding hydrogens is 283 g/mol. The average Bonchev–Trinajstić information content (AvgIpc) is 2.91. The Kier molecular flexibility index (Phi) is 3.74. The number of rotatable bonds is 3. The van der Waals surface area contributed by atoms with Gasteiger partial charge in [0.05, 0.1) is 17.1 Å². The number of halogens is 1. The summed E-state index contributed by atoms with van der Waals surface area (Å²) in [4.78, 5) is 16.3. The van der Waals surface area contributed by atoms with Gasteiger partial charge >= 0.3 is 6.03 Å². The Morgan fingerprint density at radius 3 is 2.68 bits per heavy atom. The summed E-state index contributed by atoms with van der Waals surface area (Å²) in [5.41, 5.74) is 5.15. The van der Waals surface area contributed by atoms with Gasteiger partial charge in [-0.2, -0.15) is 0 Å². The van der Waals surface area contributed by atoms with E-state index < -0.39 is 0 Å². The van der Waals surface area contributed by atoms with Gasteiger partial charge in [-0.05, 0) is 36.8 Å². The summed E-state index contributed by atoms with van der Waals surface area (Å²) >= 11 is 0. The Balaban J connectivity index is 1.68. The second-order valence-corrected chi connectivity index (χ2v) is 4.96. The molecule has 0 fully saturated rings. The molecule has 2 N–H and O–H groups in total. The summed E-state index contributed by atoms with van der Waals surface area (Å²) in [7, 11) is 0. The fraction of sp³-hybridized carbons (Fsp3) is 0.125. The molecule has 3 aromatic rings. The minimum Gasteiger partial charge on any atom is -0.330 e. The van der Waals surface area contributed by atoms with Crippen LogP contribution in [0.25, 0.3) is 11.0 Å². The highest BCUT2D eigenvalue weighted by Gasteiger charge is 2.10. The van der Waals surface area contributed by atoms with Gasteiger partial charge in [-0.25, -0.2) is 24.3 Å². The smallest absolute Gasteiger partial charge is 0.330 e. The number of benzene rings is 2. The number of fused-ring (bicyclic) bond motifs is 1. The molecule has 0 aliphatic heterocycles. The number of urea groups is 1. The Morgan fingerprint density at radius 1 is 1.18 bits per heavy atom. The zero-order chi connectivity index (χ0) is 15.5. The third kappa shape index (κ3) is 2.90. The first-order valence-corrected chi connectivity index (χ1v) is 6.88. The van der Waals surface area contributed by atoms with Gasteiger partial charge in [0.2, 0.25) is 0 Å². The van der Waals surface area contributed by atoms with E-state index in [0.717, 1.165) is 16.6 Å². The van der Waals surface area contributed by atoms with Gasteiger partial charge < -0.3 is 5.32 Å². The minimum atomic E-state index is -0.361. The highest BCUT2D eigenvalue weighted by molar-refractivity contribution is 5.85. The first kappa shape index (κ1) is 14.1. The summed E-state index contributed by atoms with van der Waals surface area (Å²) < 4.78 is 14.5. The molecule has 0 saturated carbocycles. The van der Waals surface area contributed by atoms with Gasteiger partial charge in [0.25, 0.3) is 0 Å². The molecule has 0 aliphatic carbocycles. The molecule has 0 saturated heterocycles. The van der Waals surface area contributed by atoms with Crippen LogP contribution in [0.2, 0.25) is 0 Å². The van der Waals surface area contributed by atoms with E-state index in [4.69, 9.17) is 0 Å². The summed E-state index contributed by atoms with van der Waals surface area (Å²) in [6.45, 7) is 1.83. The van der Waals surface area contributed by atoms with Gasteiger partial charge in [0.1, 0.15) is 12.1 Å². The summed E-state index contributed by atoms with van der Waals surface area (Å²) in [5, 5.41) is 2.80. The van der Waals surface area contributed by atoms with Crippen LogP contribution in [0.5, 0.6) is 0 Å². The van der Waals surface area contributed by atoms with Crippen molar-refractivity contribution in [3.05, 3.63) is 66.2 Å². The lowest BCUT2D eigenvalue weighted by Gasteiger charge is -2.15. The Hall–Kier alpha value is -2.89. The normalized spacial score (nSPS) is 12.1. The van der Waals surface area contributed by atoms with Crippen molar-refractivity contribution >= 4 is 17.1 Å². The van der Waals surface area contributed by atoms with Crippen LogP contribution in [0.4, 0.5) is 9.18 Å². The van der Waals surface area contributed by atoms with Crippen molar-refractivity contribution in [2.45, 2.75) is 13.0 Å². The Morgan fingerprint density at radius 2 is 1.91 bits per heavy atom. The van der Waals surface area contributed by atoms with Crippen LogP contribution in [0.1, 0.15) is 18.5 Å². The molecule has 0 radical (unpaired) electrons. The second kappa shape index (κ2) is 5.85. The predicted octanol–water partition coefficient (Wildman–Crippen LogP) is 3.19. The van der Waals surface area contributed by atoms with E-state index in [2.05, 4.69) is 15.7 Å². The second-order valence-electron chi connectivity index (χ2n) is 4.96. The van der Waals surface area contributed by atoms with Crippen molar-refractivity contribution in [3.63, 3.8) is 0 Å². The van der Waals surface area contributed by atoms with Crippen LogP contribution in [-0.4, -0.2) is 15.7 Å². The van der Waals surface area contributed by atoms with Gasteiger partial charge in [0, 0.05) is 0 Å². The van der Waals surface area contributed by atoms with Crippen LogP contribution in [0, 0.1) is 5.82 Å². The highest BCUT2D eigenvalue weighted by Crippen LogP contribution is 2.13. The summed E-state index contributed by atoms with van der Waals surface area (Å²) in [6, 6.07) is 12.9. The van der Waals surface area contributed by atoms with Crippen molar-refractivity contribution in [3.8, 4) is 0 Å². The molecule has 1 aromatic heterocycles. The maximum atomic E-state index is 12.9. The number of hydrogen-bond acceptors (Lipinski definition) is 2. The van der Waals surface area contributed by atoms with E-state index in [1.807, 2.05) is 31.2 Å².